The first-order valence-electron chi connectivity index (χ1n) is 8.29. The van der Waals surface area contributed by atoms with E-state index in [1.807, 2.05) is 13.1 Å². The van der Waals surface area contributed by atoms with E-state index in [0.29, 0.717) is 16.9 Å². The van der Waals surface area contributed by atoms with Gasteiger partial charge in [0.25, 0.3) is 5.91 Å². The third kappa shape index (κ3) is 2.83. The molecule has 7 heteroatoms. The molecule has 7 nitrogen and oxygen atoms in total. The van der Waals surface area contributed by atoms with Gasteiger partial charge < -0.3 is 5.32 Å². The van der Waals surface area contributed by atoms with E-state index in [1.54, 1.807) is 33.9 Å². The van der Waals surface area contributed by atoms with Crippen LogP contribution in [-0.4, -0.2) is 30.3 Å². The second-order valence-electron chi connectivity index (χ2n) is 6.17. The zero-order chi connectivity index (χ0) is 18.1. The average Bonchev–Trinajstić information content (AvgIpc) is 3.15. The molecular formula is C19H18N6O. The topological polar surface area (TPSA) is 77.1 Å². The summed E-state index contributed by atoms with van der Waals surface area (Å²) in [6.07, 6.45) is 15.8. The molecule has 1 aliphatic rings. The van der Waals surface area contributed by atoms with Crippen molar-refractivity contribution in [3.8, 4) is 0 Å². The normalized spacial score (nSPS) is 14.1. The number of aryl methyl sites for hydroxylation is 1. The van der Waals surface area contributed by atoms with Crippen molar-refractivity contribution >= 4 is 22.8 Å². The standard InChI is InChI=1S/C19H18N6O/c1-13-5-3-6-14(8-7-13)17-16(12-21-24(17)2)23-19(26)15-11-22-25-10-4-9-20-18(15)25/h3-4,6-12H,5H2,1-2H3,(H,23,26). The van der Waals surface area contributed by atoms with Gasteiger partial charge in [-0.3, -0.25) is 9.48 Å². The minimum Gasteiger partial charge on any atom is -0.319 e. The number of amides is 1. The fraction of sp³-hybridized carbons (Fsp3) is 0.158. The van der Waals surface area contributed by atoms with Crippen molar-refractivity contribution in [2.75, 3.05) is 5.32 Å². The zero-order valence-electron chi connectivity index (χ0n) is 14.5. The summed E-state index contributed by atoms with van der Waals surface area (Å²) in [4.78, 5) is 17.0. The van der Waals surface area contributed by atoms with E-state index in [9.17, 15) is 4.79 Å². The van der Waals surface area contributed by atoms with Gasteiger partial charge >= 0.3 is 0 Å². The first kappa shape index (κ1) is 16.0. The molecule has 3 aromatic rings. The predicted octanol–water partition coefficient (Wildman–Crippen LogP) is 3.00. The summed E-state index contributed by atoms with van der Waals surface area (Å²) in [5.74, 6) is -0.266. The lowest BCUT2D eigenvalue weighted by molar-refractivity contribution is 0.102. The molecule has 0 unspecified atom stereocenters. The lowest BCUT2D eigenvalue weighted by atomic mass is 10.1. The number of hydrogen-bond acceptors (Lipinski definition) is 4. The van der Waals surface area contributed by atoms with Crippen LogP contribution in [0.2, 0.25) is 0 Å². The quantitative estimate of drug-likeness (QED) is 0.791. The number of carbonyl (C=O) groups excluding carboxylic acids is 1. The maximum atomic E-state index is 12.8. The van der Waals surface area contributed by atoms with E-state index in [0.717, 1.165) is 17.7 Å². The van der Waals surface area contributed by atoms with Crippen molar-refractivity contribution in [1.82, 2.24) is 24.4 Å². The van der Waals surface area contributed by atoms with Crippen LogP contribution < -0.4 is 5.32 Å². The van der Waals surface area contributed by atoms with Crippen molar-refractivity contribution in [3.63, 3.8) is 0 Å². The molecule has 1 aliphatic carbocycles. The van der Waals surface area contributed by atoms with Crippen LogP contribution in [0.3, 0.4) is 0 Å². The van der Waals surface area contributed by atoms with Crippen molar-refractivity contribution in [1.29, 1.82) is 0 Å². The Bertz CT molecular complexity index is 1080. The Morgan fingerprint density at radius 3 is 3.00 bits per heavy atom. The van der Waals surface area contributed by atoms with Crippen molar-refractivity contribution in [2.24, 2.45) is 7.05 Å². The summed E-state index contributed by atoms with van der Waals surface area (Å²) >= 11 is 0. The molecule has 0 saturated heterocycles. The molecule has 0 atom stereocenters. The van der Waals surface area contributed by atoms with Crippen LogP contribution in [-0.2, 0) is 7.05 Å². The summed E-state index contributed by atoms with van der Waals surface area (Å²) in [7, 11) is 1.86. The summed E-state index contributed by atoms with van der Waals surface area (Å²) in [6.45, 7) is 2.09. The molecular weight excluding hydrogens is 328 g/mol. The monoisotopic (exact) mass is 346 g/mol. The summed E-state index contributed by atoms with van der Waals surface area (Å²) in [6, 6.07) is 1.77. The van der Waals surface area contributed by atoms with Gasteiger partial charge in [-0.15, -0.1) is 0 Å². The summed E-state index contributed by atoms with van der Waals surface area (Å²) < 4.78 is 3.33. The van der Waals surface area contributed by atoms with Crippen molar-refractivity contribution < 1.29 is 4.79 Å². The van der Waals surface area contributed by atoms with Crippen LogP contribution >= 0.6 is 0 Å². The number of allylic oxidation sites excluding steroid dienone is 6. The number of hydrogen-bond donors (Lipinski definition) is 1. The Hall–Kier alpha value is -3.48. The highest BCUT2D eigenvalue weighted by molar-refractivity contribution is 6.09. The Labute approximate surface area is 150 Å². The Balaban J connectivity index is 1.69. The second-order valence-corrected chi connectivity index (χ2v) is 6.17. The van der Waals surface area contributed by atoms with Gasteiger partial charge in [-0.05, 0) is 19.4 Å². The molecule has 3 heterocycles. The Kier molecular flexibility index (Phi) is 3.96. The number of carbonyl (C=O) groups is 1. The predicted molar refractivity (Wildman–Crippen MR) is 99.6 cm³/mol. The number of rotatable bonds is 3. The summed E-state index contributed by atoms with van der Waals surface area (Å²) in [5, 5.41) is 11.4. The van der Waals surface area contributed by atoms with Gasteiger partial charge in [0.15, 0.2) is 5.65 Å². The van der Waals surface area contributed by atoms with Gasteiger partial charge in [-0.2, -0.15) is 10.2 Å². The molecule has 130 valence electrons. The molecule has 0 aliphatic heterocycles. The van der Waals surface area contributed by atoms with Gasteiger partial charge in [-0.1, -0.05) is 29.9 Å². The van der Waals surface area contributed by atoms with E-state index in [1.165, 1.54) is 11.8 Å². The van der Waals surface area contributed by atoms with Gasteiger partial charge in [0.05, 0.1) is 23.8 Å². The molecule has 4 rings (SSSR count). The molecule has 3 aromatic heterocycles. The first-order chi connectivity index (χ1) is 12.6. The van der Waals surface area contributed by atoms with Gasteiger partial charge in [-0.25, -0.2) is 9.50 Å². The molecule has 0 aromatic carbocycles. The van der Waals surface area contributed by atoms with Crippen molar-refractivity contribution in [3.05, 3.63) is 72.0 Å². The van der Waals surface area contributed by atoms with E-state index < -0.39 is 0 Å². The van der Waals surface area contributed by atoms with Crippen LogP contribution in [0, 0.1) is 0 Å². The van der Waals surface area contributed by atoms with Gasteiger partial charge in [0.1, 0.15) is 5.56 Å². The van der Waals surface area contributed by atoms with E-state index >= 15 is 0 Å². The fourth-order valence-corrected chi connectivity index (χ4v) is 2.93. The molecule has 1 N–H and O–H groups in total. The summed E-state index contributed by atoms with van der Waals surface area (Å²) in [5.41, 5.74) is 4.71. The molecule has 0 bridgehead atoms. The number of nitrogens with one attached hydrogen (secondary N) is 1. The van der Waals surface area contributed by atoms with Gasteiger partial charge in [0, 0.05) is 25.0 Å². The molecule has 1 amide bonds. The molecule has 26 heavy (non-hydrogen) atoms. The smallest absolute Gasteiger partial charge is 0.261 e. The minimum absolute atomic E-state index is 0.266. The lowest BCUT2D eigenvalue weighted by Gasteiger charge is -2.08. The van der Waals surface area contributed by atoms with E-state index in [4.69, 9.17) is 0 Å². The third-order valence-corrected chi connectivity index (χ3v) is 4.27. The highest BCUT2D eigenvalue weighted by Crippen LogP contribution is 2.27. The third-order valence-electron chi connectivity index (χ3n) is 4.27. The Morgan fingerprint density at radius 2 is 2.12 bits per heavy atom. The molecule has 0 spiro atoms. The number of anilines is 1. The Morgan fingerprint density at radius 1 is 1.23 bits per heavy atom. The molecule has 0 radical (unpaired) electrons. The average molecular weight is 346 g/mol. The number of fused-ring (bicyclic) bond motifs is 1. The highest BCUT2D eigenvalue weighted by atomic mass is 16.1. The second kappa shape index (κ2) is 6.44. The van der Waals surface area contributed by atoms with Crippen LogP contribution in [0.1, 0.15) is 29.4 Å². The van der Waals surface area contributed by atoms with E-state index in [2.05, 4.69) is 45.6 Å². The zero-order valence-corrected chi connectivity index (χ0v) is 14.5. The fourth-order valence-electron chi connectivity index (χ4n) is 2.93. The van der Waals surface area contributed by atoms with Crippen LogP contribution in [0.15, 0.2) is 60.7 Å². The lowest BCUT2D eigenvalue weighted by Crippen LogP contribution is -2.13. The molecule has 0 saturated carbocycles. The van der Waals surface area contributed by atoms with E-state index in [-0.39, 0.29) is 5.91 Å². The highest BCUT2D eigenvalue weighted by Gasteiger charge is 2.18. The SMILES string of the molecule is CC1=CC=C(c2c(NC(=O)c3cnn4cccnc34)cnn2C)C=CC1. The number of nitrogens with zero attached hydrogens (tertiary/aromatic N) is 5. The first-order valence-corrected chi connectivity index (χ1v) is 8.29. The van der Waals surface area contributed by atoms with Crippen LogP contribution in [0.4, 0.5) is 5.69 Å². The maximum Gasteiger partial charge on any atom is 0.261 e. The number of aromatic nitrogens is 5. The molecule has 0 fully saturated rings. The largest absolute Gasteiger partial charge is 0.319 e. The van der Waals surface area contributed by atoms with Gasteiger partial charge in [0.2, 0.25) is 0 Å². The minimum atomic E-state index is -0.266. The maximum absolute atomic E-state index is 12.8. The van der Waals surface area contributed by atoms with Crippen LogP contribution in [0.25, 0.3) is 11.2 Å². The van der Waals surface area contributed by atoms with Crippen LogP contribution in [0.5, 0.6) is 0 Å². The van der Waals surface area contributed by atoms with Crippen molar-refractivity contribution in [2.45, 2.75) is 13.3 Å².